The molecule has 0 saturated carbocycles. The van der Waals surface area contributed by atoms with Gasteiger partial charge in [-0.05, 0) is 24.3 Å². The maximum atomic E-state index is 10.9. The Kier molecular flexibility index (Phi) is 4.33. The van der Waals surface area contributed by atoms with Crippen LogP contribution in [0.15, 0.2) is 35.6 Å². The van der Waals surface area contributed by atoms with E-state index >= 15 is 0 Å². The van der Waals surface area contributed by atoms with Crippen LogP contribution in [-0.4, -0.2) is 36.7 Å². The van der Waals surface area contributed by atoms with Crippen LogP contribution >= 0.6 is 0 Å². The summed E-state index contributed by atoms with van der Waals surface area (Å²) < 4.78 is 9.52. The summed E-state index contributed by atoms with van der Waals surface area (Å²) in [6, 6.07) is 7.50. The first-order valence-electron chi connectivity index (χ1n) is 5.79. The van der Waals surface area contributed by atoms with Crippen molar-refractivity contribution >= 4 is 12.3 Å². The Hall–Kier alpha value is -2.83. The summed E-state index contributed by atoms with van der Waals surface area (Å²) in [6.45, 7) is 0. The number of rotatable bonds is 4. The predicted octanol–water partition coefficient (Wildman–Crippen LogP) is 1.78. The second-order valence-corrected chi connectivity index (χ2v) is 3.79. The highest BCUT2D eigenvalue weighted by Crippen LogP contribution is 2.22. The number of nitrogens with one attached hydrogen (secondary N) is 2. The van der Waals surface area contributed by atoms with Crippen LogP contribution in [0.3, 0.4) is 0 Å². The molecule has 1 aromatic heterocycles. The Labute approximate surface area is 115 Å². The van der Waals surface area contributed by atoms with Crippen LogP contribution in [0.25, 0.3) is 11.3 Å². The molecule has 0 spiro atoms. The molecule has 20 heavy (non-hydrogen) atoms. The summed E-state index contributed by atoms with van der Waals surface area (Å²) in [6.07, 6.45) is 2.47. The maximum absolute atomic E-state index is 10.9. The summed E-state index contributed by atoms with van der Waals surface area (Å²) in [7, 11) is 2.88. The lowest BCUT2D eigenvalue weighted by molar-refractivity contribution is 0.171. The van der Waals surface area contributed by atoms with Crippen molar-refractivity contribution in [2.24, 2.45) is 5.10 Å². The average Bonchev–Trinajstić information content (AvgIpc) is 2.95. The number of aromatic nitrogens is 2. The smallest absolute Gasteiger partial charge is 0.427 e. The third-order valence-corrected chi connectivity index (χ3v) is 2.59. The number of amides is 1. The number of H-pyrrole nitrogens is 1. The quantitative estimate of drug-likeness (QED) is 0.657. The van der Waals surface area contributed by atoms with E-state index in [0.29, 0.717) is 0 Å². The van der Waals surface area contributed by atoms with Gasteiger partial charge in [0.1, 0.15) is 5.75 Å². The molecular weight excluding hydrogens is 260 g/mol. The molecule has 0 radical (unpaired) electrons. The second-order valence-electron chi connectivity index (χ2n) is 3.79. The third-order valence-electron chi connectivity index (χ3n) is 2.59. The molecule has 0 saturated heterocycles. The predicted molar refractivity (Wildman–Crippen MR) is 73.7 cm³/mol. The number of hydrazone groups is 1. The highest BCUT2D eigenvalue weighted by Gasteiger charge is 2.06. The first-order chi connectivity index (χ1) is 9.74. The van der Waals surface area contributed by atoms with E-state index in [9.17, 15) is 4.79 Å². The molecule has 2 aromatic rings. The number of benzene rings is 1. The van der Waals surface area contributed by atoms with Gasteiger partial charge >= 0.3 is 6.09 Å². The summed E-state index contributed by atoms with van der Waals surface area (Å²) in [4.78, 5) is 10.9. The van der Waals surface area contributed by atoms with Crippen LogP contribution in [-0.2, 0) is 4.74 Å². The van der Waals surface area contributed by atoms with Crippen molar-refractivity contribution in [1.82, 2.24) is 15.6 Å². The molecule has 1 aromatic carbocycles. The van der Waals surface area contributed by atoms with Crippen molar-refractivity contribution in [2.45, 2.75) is 0 Å². The molecule has 1 amide bonds. The number of hydrogen-bond acceptors (Lipinski definition) is 5. The van der Waals surface area contributed by atoms with E-state index in [1.165, 1.54) is 13.3 Å². The fraction of sp³-hybridized carbons (Fsp3) is 0.154. The Morgan fingerprint density at radius 3 is 2.75 bits per heavy atom. The second kappa shape index (κ2) is 6.37. The highest BCUT2D eigenvalue weighted by molar-refractivity contribution is 5.89. The minimum absolute atomic E-state index is 0.629. The van der Waals surface area contributed by atoms with Gasteiger partial charge in [0.05, 0.1) is 32.3 Å². The number of aromatic amines is 1. The number of carbonyl (C=O) groups excluding carboxylic acids is 1. The SMILES string of the molecule is COC(=O)N/N=C/c1cn[nH]c1-c1ccc(OC)cc1. The van der Waals surface area contributed by atoms with Gasteiger partial charge in [-0.2, -0.15) is 10.2 Å². The molecule has 0 fully saturated rings. The van der Waals surface area contributed by atoms with Gasteiger partial charge in [-0.15, -0.1) is 0 Å². The van der Waals surface area contributed by atoms with Crippen LogP contribution in [0.2, 0.25) is 0 Å². The molecule has 0 aliphatic rings. The standard InChI is InChI=1S/C13H14N4O3/c1-19-11-5-3-9(4-6-11)12-10(7-14-16-12)8-15-17-13(18)20-2/h3-8H,1-2H3,(H,14,16)(H,17,18)/b15-8+. The van der Waals surface area contributed by atoms with Crippen LogP contribution in [0.4, 0.5) is 4.79 Å². The van der Waals surface area contributed by atoms with Crippen LogP contribution in [0.5, 0.6) is 5.75 Å². The van der Waals surface area contributed by atoms with Gasteiger partial charge in [-0.3, -0.25) is 5.10 Å². The zero-order chi connectivity index (χ0) is 14.4. The van der Waals surface area contributed by atoms with Gasteiger partial charge in [0.25, 0.3) is 0 Å². The van der Waals surface area contributed by atoms with E-state index in [1.807, 2.05) is 24.3 Å². The molecule has 7 heteroatoms. The van der Waals surface area contributed by atoms with E-state index in [2.05, 4.69) is 25.5 Å². The van der Waals surface area contributed by atoms with E-state index < -0.39 is 6.09 Å². The lowest BCUT2D eigenvalue weighted by Crippen LogP contribution is -2.16. The lowest BCUT2D eigenvalue weighted by atomic mass is 10.1. The Bertz CT molecular complexity index is 604. The van der Waals surface area contributed by atoms with Crippen molar-refractivity contribution in [3.05, 3.63) is 36.0 Å². The summed E-state index contributed by atoms with van der Waals surface area (Å²) in [5, 5.41) is 10.6. The number of methoxy groups -OCH3 is 2. The first-order valence-corrected chi connectivity index (χ1v) is 5.79. The zero-order valence-corrected chi connectivity index (χ0v) is 11.1. The normalized spacial score (nSPS) is 10.5. The largest absolute Gasteiger partial charge is 0.497 e. The van der Waals surface area contributed by atoms with Gasteiger partial charge < -0.3 is 9.47 Å². The monoisotopic (exact) mass is 274 g/mol. The third kappa shape index (κ3) is 3.14. The summed E-state index contributed by atoms with van der Waals surface area (Å²) >= 11 is 0. The van der Waals surface area contributed by atoms with Crippen molar-refractivity contribution < 1.29 is 14.3 Å². The minimum Gasteiger partial charge on any atom is -0.497 e. The number of ether oxygens (including phenoxy) is 2. The topological polar surface area (TPSA) is 88.6 Å². The summed E-state index contributed by atoms with van der Waals surface area (Å²) in [5.41, 5.74) is 4.68. The Balaban J connectivity index is 2.17. The number of hydrogen-bond donors (Lipinski definition) is 2. The van der Waals surface area contributed by atoms with Crippen molar-refractivity contribution in [3.63, 3.8) is 0 Å². The molecular formula is C13H14N4O3. The average molecular weight is 274 g/mol. The van der Waals surface area contributed by atoms with Gasteiger partial charge in [0.15, 0.2) is 0 Å². The Morgan fingerprint density at radius 2 is 2.10 bits per heavy atom. The van der Waals surface area contributed by atoms with E-state index in [4.69, 9.17) is 4.74 Å². The molecule has 0 bridgehead atoms. The molecule has 2 N–H and O–H groups in total. The van der Waals surface area contributed by atoms with E-state index in [-0.39, 0.29) is 0 Å². The zero-order valence-electron chi connectivity index (χ0n) is 11.1. The Morgan fingerprint density at radius 1 is 1.35 bits per heavy atom. The minimum atomic E-state index is -0.629. The van der Waals surface area contributed by atoms with Crippen molar-refractivity contribution in [1.29, 1.82) is 0 Å². The van der Waals surface area contributed by atoms with Crippen LogP contribution < -0.4 is 10.2 Å². The molecule has 0 atom stereocenters. The highest BCUT2D eigenvalue weighted by atomic mass is 16.5. The lowest BCUT2D eigenvalue weighted by Gasteiger charge is -2.02. The first kappa shape index (κ1) is 13.6. The van der Waals surface area contributed by atoms with Gasteiger partial charge in [-0.25, -0.2) is 10.2 Å². The van der Waals surface area contributed by atoms with E-state index in [0.717, 1.165) is 22.6 Å². The fourth-order valence-electron chi connectivity index (χ4n) is 1.58. The number of carbonyl (C=O) groups is 1. The molecule has 1 heterocycles. The molecule has 2 rings (SSSR count). The van der Waals surface area contributed by atoms with Gasteiger partial charge in [0.2, 0.25) is 0 Å². The molecule has 0 unspecified atom stereocenters. The molecule has 7 nitrogen and oxygen atoms in total. The van der Waals surface area contributed by atoms with Gasteiger partial charge in [0, 0.05) is 11.1 Å². The van der Waals surface area contributed by atoms with Gasteiger partial charge in [-0.1, -0.05) is 0 Å². The van der Waals surface area contributed by atoms with Crippen molar-refractivity contribution in [2.75, 3.05) is 14.2 Å². The molecule has 104 valence electrons. The van der Waals surface area contributed by atoms with Crippen LogP contribution in [0.1, 0.15) is 5.56 Å². The molecule has 0 aliphatic heterocycles. The maximum Gasteiger partial charge on any atom is 0.427 e. The van der Waals surface area contributed by atoms with Crippen LogP contribution in [0, 0.1) is 0 Å². The molecule has 0 aliphatic carbocycles. The summed E-state index contributed by atoms with van der Waals surface area (Å²) in [5.74, 6) is 0.774. The van der Waals surface area contributed by atoms with Crippen molar-refractivity contribution in [3.8, 4) is 17.0 Å². The number of nitrogens with zero attached hydrogens (tertiary/aromatic N) is 2. The fourth-order valence-corrected chi connectivity index (χ4v) is 1.58. The van der Waals surface area contributed by atoms with E-state index in [1.54, 1.807) is 13.3 Å².